The maximum absolute atomic E-state index is 12.4. The molecule has 1 fully saturated rings. The van der Waals surface area contributed by atoms with Crippen LogP contribution in [-0.2, 0) is 9.59 Å². The van der Waals surface area contributed by atoms with E-state index in [9.17, 15) is 14.4 Å². The fourth-order valence-corrected chi connectivity index (χ4v) is 3.03. The summed E-state index contributed by atoms with van der Waals surface area (Å²) in [4.78, 5) is 38.4. The molecule has 0 radical (unpaired) electrons. The van der Waals surface area contributed by atoms with Crippen LogP contribution in [0.3, 0.4) is 0 Å². The molecule has 2 aromatic carbocycles. The van der Waals surface area contributed by atoms with Gasteiger partial charge in [-0.1, -0.05) is 30.3 Å². The Morgan fingerprint density at radius 3 is 2.46 bits per heavy atom. The zero-order valence-electron chi connectivity index (χ0n) is 14.8. The molecule has 1 aliphatic heterocycles. The highest BCUT2D eigenvalue weighted by Crippen LogP contribution is 2.29. The number of amides is 3. The molecule has 6 nitrogen and oxygen atoms in total. The molecule has 0 aliphatic carbocycles. The lowest BCUT2D eigenvalue weighted by Crippen LogP contribution is -2.45. The molecular weight excluding hydrogens is 330 g/mol. The van der Waals surface area contributed by atoms with Gasteiger partial charge < -0.3 is 4.90 Å². The zero-order valence-corrected chi connectivity index (χ0v) is 14.8. The van der Waals surface area contributed by atoms with Crippen LogP contribution in [0.5, 0.6) is 0 Å². The number of hydrogen-bond donors (Lipinski definition) is 2. The minimum absolute atomic E-state index is 0.0896. The minimum Gasteiger partial charge on any atom is -0.311 e. The smallest absolute Gasteiger partial charge is 0.269 e. The highest BCUT2D eigenvalue weighted by atomic mass is 16.2. The fourth-order valence-electron chi connectivity index (χ4n) is 3.03. The highest BCUT2D eigenvalue weighted by Gasteiger charge is 2.35. The Kier molecular flexibility index (Phi) is 5.02. The Morgan fingerprint density at radius 2 is 1.73 bits per heavy atom. The van der Waals surface area contributed by atoms with E-state index in [-0.39, 0.29) is 18.2 Å². The van der Waals surface area contributed by atoms with Crippen molar-refractivity contribution in [1.29, 1.82) is 0 Å². The van der Waals surface area contributed by atoms with E-state index in [1.165, 1.54) is 0 Å². The fraction of sp³-hybridized carbons (Fsp3) is 0.250. The lowest BCUT2D eigenvalue weighted by atomic mass is 10.1. The summed E-state index contributed by atoms with van der Waals surface area (Å²) in [6.45, 7) is 4.25. The van der Waals surface area contributed by atoms with Crippen LogP contribution in [0.15, 0.2) is 48.5 Å². The summed E-state index contributed by atoms with van der Waals surface area (Å²) in [5.74, 6) is -1.35. The van der Waals surface area contributed by atoms with E-state index in [1.807, 2.05) is 32.0 Å². The summed E-state index contributed by atoms with van der Waals surface area (Å²) in [6, 6.07) is 14.4. The summed E-state index contributed by atoms with van der Waals surface area (Å²) < 4.78 is 0. The van der Waals surface area contributed by atoms with Crippen molar-refractivity contribution in [2.45, 2.75) is 20.3 Å². The second kappa shape index (κ2) is 7.39. The molecule has 134 valence electrons. The first kappa shape index (κ1) is 17.7. The topological polar surface area (TPSA) is 78.5 Å². The molecule has 3 rings (SSSR count). The van der Waals surface area contributed by atoms with Crippen LogP contribution in [0.2, 0.25) is 0 Å². The highest BCUT2D eigenvalue weighted by molar-refractivity contribution is 6.01. The van der Waals surface area contributed by atoms with Gasteiger partial charge in [0, 0.05) is 24.2 Å². The van der Waals surface area contributed by atoms with Crippen molar-refractivity contribution in [3.63, 3.8) is 0 Å². The van der Waals surface area contributed by atoms with E-state index in [0.29, 0.717) is 12.1 Å². The Morgan fingerprint density at radius 1 is 1.00 bits per heavy atom. The zero-order chi connectivity index (χ0) is 18.7. The SMILES string of the molecule is Cc1cccc(N2C[C@H](C(=O)NNC(=O)c3ccccc3)CC2=O)c1C. The molecule has 2 aromatic rings. The minimum atomic E-state index is -0.501. The van der Waals surface area contributed by atoms with Gasteiger partial charge in [0.05, 0.1) is 5.92 Å². The van der Waals surface area contributed by atoms with Crippen molar-refractivity contribution >= 4 is 23.4 Å². The molecule has 26 heavy (non-hydrogen) atoms. The third-order valence-electron chi connectivity index (χ3n) is 4.70. The van der Waals surface area contributed by atoms with E-state index < -0.39 is 11.8 Å². The number of hydrazine groups is 1. The quantitative estimate of drug-likeness (QED) is 0.832. The summed E-state index contributed by atoms with van der Waals surface area (Å²) in [5, 5.41) is 0. The number of nitrogens with one attached hydrogen (secondary N) is 2. The van der Waals surface area contributed by atoms with Crippen LogP contribution in [0.1, 0.15) is 27.9 Å². The lowest BCUT2D eigenvalue weighted by Gasteiger charge is -2.20. The normalized spacial score (nSPS) is 16.5. The third kappa shape index (κ3) is 3.59. The van der Waals surface area contributed by atoms with Crippen LogP contribution < -0.4 is 15.8 Å². The molecule has 0 aromatic heterocycles. The summed E-state index contributed by atoms with van der Waals surface area (Å²) in [6.07, 6.45) is 0.125. The van der Waals surface area contributed by atoms with E-state index in [2.05, 4.69) is 10.9 Å². The molecule has 0 spiro atoms. The van der Waals surface area contributed by atoms with Crippen LogP contribution in [-0.4, -0.2) is 24.3 Å². The average Bonchev–Trinajstić information content (AvgIpc) is 3.04. The van der Waals surface area contributed by atoms with Gasteiger partial charge in [0.25, 0.3) is 5.91 Å². The first-order valence-corrected chi connectivity index (χ1v) is 8.49. The van der Waals surface area contributed by atoms with Crippen LogP contribution in [0, 0.1) is 19.8 Å². The Balaban J connectivity index is 1.62. The molecule has 3 amide bonds. The molecule has 0 bridgehead atoms. The van der Waals surface area contributed by atoms with Gasteiger partial charge >= 0.3 is 0 Å². The van der Waals surface area contributed by atoms with Crippen molar-refractivity contribution in [1.82, 2.24) is 10.9 Å². The number of aryl methyl sites for hydroxylation is 1. The van der Waals surface area contributed by atoms with Gasteiger partial charge in [-0.3, -0.25) is 25.2 Å². The van der Waals surface area contributed by atoms with Crippen LogP contribution in [0.25, 0.3) is 0 Å². The van der Waals surface area contributed by atoms with E-state index in [0.717, 1.165) is 16.8 Å². The second-order valence-electron chi connectivity index (χ2n) is 6.43. The maximum atomic E-state index is 12.4. The first-order valence-electron chi connectivity index (χ1n) is 8.49. The van der Waals surface area contributed by atoms with Gasteiger partial charge in [0.15, 0.2) is 0 Å². The molecule has 1 heterocycles. The van der Waals surface area contributed by atoms with Gasteiger partial charge in [0.2, 0.25) is 11.8 Å². The van der Waals surface area contributed by atoms with Gasteiger partial charge in [0.1, 0.15) is 0 Å². The van der Waals surface area contributed by atoms with Crippen molar-refractivity contribution in [3.05, 3.63) is 65.2 Å². The molecule has 1 aliphatic rings. The average molecular weight is 351 g/mol. The van der Waals surface area contributed by atoms with E-state index in [4.69, 9.17) is 0 Å². The molecule has 1 saturated heterocycles. The molecule has 6 heteroatoms. The molecular formula is C20H21N3O3. The van der Waals surface area contributed by atoms with E-state index >= 15 is 0 Å². The predicted octanol–water partition coefficient (Wildman–Crippen LogP) is 2.12. The Hall–Kier alpha value is -3.15. The number of carbonyl (C=O) groups excluding carboxylic acids is 3. The molecule has 1 atom stereocenters. The second-order valence-corrected chi connectivity index (χ2v) is 6.43. The number of carbonyl (C=O) groups is 3. The van der Waals surface area contributed by atoms with Gasteiger partial charge in [-0.2, -0.15) is 0 Å². The van der Waals surface area contributed by atoms with Crippen molar-refractivity contribution in [2.24, 2.45) is 5.92 Å². The van der Waals surface area contributed by atoms with E-state index in [1.54, 1.807) is 35.2 Å². The number of anilines is 1. The van der Waals surface area contributed by atoms with Crippen molar-refractivity contribution in [3.8, 4) is 0 Å². The molecule has 0 saturated carbocycles. The summed E-state index contributed by atoms with van der Waals surface area (Å²) in [7, 11) is 0. The van der Waals surface area contributed by atoms with Crippen molar-refractivity contribution < 1.29 is 14.4 Å². The van der Waals surface area contributed by atoms with Gasteiger partial charge in [-0.05, 0) is 43.2 Å². The first-order chi connectivity index (χ1) is 12.5. The Bertz CT molecular complexity index is 849. The lowest BCUT2D eigenvalue weighted by molar-refractivity contribution is -0.126. The number of nitrogens with zero attached hydrogens (tertiary/aromatic N) is 1. The van der Waals surface area contributed by atoms with Crippen LogP contribution >= 0.6 is 0 Å². The molecule has 0 unspecified atom stereocenters. The van der Waals surface area contributed by atoms with Crippen molar-refractivity contribution in [2.75, 3.05) is 11.4 Å². The number of benzene rings is 2. The van der Waals surface area contributed by atoms with Crippen LogP contribution in [0.4, 0.5) is 5.69 Å². The number of hydrogen-bond acceptors (Lipinski definition) is 3. The summed E-state index contributed by atoms with van der Waals surface area (Å²) in [5.41, 5.74) is 8.23. The largest absolute Gasteiger partial charge is 0.311 e. The summed E-state index contributed by atoms with van der Waals surface area (Å²) >= 11 is 0. The maximum Gasteiger partial charge on any atom is 0.269 e. The monoisotopic (exact) mass is 351 g/mol. The van der Waals surface area contributed by atoms with Gasteiger partial charge in [-0.25, -0.2) is 0 Å². The predicted molar refractivity (Wildman–Crippen MR) is 98.4 cm³/mol. The Labute approximate surface area is 152 Å². The third-order valence-corrected chi connectivity index (χ3v) is 4.70. The molecule has 2 N–H and O–H groups in total. The van der Waals surface area contributed by atoms with Gasteiger partial charge in [-0.15, -0.1) is 0 Å². The number of rotatable bonds is 3. The standard InChI is InChI=1S/C20H21N3O3/c1-13-7-6-10-17(14(13)2)23-12-16(11-18(23)24)20(26)22-21-19(25)15-8-4-3-5-9-15/h3-10,16H,11-12H2,1-2H3,(H,21,25)(H,22,26)/t16-/m1/s1.